The minimum atomic E-state index is -1.96. The summed E-state index contributed by atoms with van der Waals surface area (Å²) in [5.74, 6) is 0. The maximum atomic E-state index is 11.6. The van der Waals surface area contributed by atoms with Gasteiger partial charge in [0.1, 0.15) is 6.10 Å². The molecule has 2 saturated carbocycles. The standard InChI is InChI=1S/C26H35NO2Si.C20H21NO2/c1-26(2,3)30(4,5)29-24-16-10-15-23(25(24)28)27-21-13-8-6-11-19(21)17-18-20-12-7-9-14-22(20)27;22-19-11-5-10-18(20(19)23)21-16-8-3-1-6-14(16)12-13-15-7-2-4-9-17(15)21/h6-9,11-14,17-18,23-25,28H,10,15-16H2,1-5H3;1-4,6-9,12-13,18-20,22-23H,5,10-11H2/t23-,24-,25+;18-,19-,20+/m11/s1. The van der Waals surface area contributed by atoms with Gasteiger partial charge in [-0.3, -0.25) is 0 Å². The van der Waals surface area contributed by atoms with E-state index in [1.54, 1.807) is 0 Å². The Hall–Kier alpha value is -3.98. The molecule has 2 fully saturated rings. The molecule has 278 valence electrons. The normalized spacial score (nSPS) is 25.1. The van der Waals surface area contributed by atoms with Crippen LogP contribution in [0.3, 0.4) is 0 Å². The summed E-state index contributed by atoms with van der Waals surface area (Å²) in [4.78, 5) is 4.59. The van der Waals surface area contributed by atoms with Gasteiger partial charge in [-0.2, -0.15) is 0 Å². The van der Waals surface area contributed by atoms with Crippen molar-refractivity contribution in [2.45, 2.75) is 114 Å². The smallest absolute Gasteiger partial charge is 0.192 e. The van der Waals surface area contributed by atoms with Crippen molar-refractivity contribution in [3.63, 3.8) is 0 Å². The van der Waals surface area contributed by atoms with Crippen LogP contribution in [0.2, 0.25) is 18.1 Å². The van der Waals surface area contributed by atoms with Crippen molar-refractivity contribution in [1.82, 2.24) is 0 Å². The minimum Gasteiger partial charge on any atom is -0.411 e. The van der Waals surface area contributed by atoms with E-state index in [0.717, 1.165) is 66.0 Å². The summed E-state index contributed by atoms with van der Waals surface area (Å²) in [5.41, 5.74) is 9.15. The summed E-state index contributed by atoms with van der Waals surface area (Å²) in [6, 6.07) is 33.4. The molecule has 2 heterocycles. The van der Waals surface area contributed by atoms with E-state index < -0.39 is 26.6 Å². The van der Waals surface area contributed by atoms with E-state index >= 15 is 0 Å². The predicted molar refractivity (Wildman–Crippen MR) is 223 cm³/mol. The third-order valence-electron chi connectivity index (χ3n) is 12.1. The molecule has 2 aliphatic carbocycles. The van der Waals surface area contributed by atoms with E-state index in [4.69, 9.17) is 4.43 Å². The Labute approximate surface area is 317 Å². The number of benzene rings is 4. The molecule has 7 heteroatoms. The van der Waals surface area contributed by atoms with Crippen LogP contribution in [0.15, 0.2) is 97.1 Å². The molecular formula is C46H56N2O4Si. The van der Waals surface area contributed by atoms with E-state index in [1.807, 2.05) is 24.3 Å². The van der Waals surface area contributed by atoms with Crippen LogP contribution in [0.4, 0.5) is 22.7 Å². The van der Waals surface area contributed by atoms with Gasteiger partial charge in [-0.05, 0) is 103 Å². The highest BCUT2D eigenvalue weighted by Crippen LogP contribution is 2.44. The van der Waals surface area contributed by atoms with Crippen LogP contribution < -0.4 is 9.80 Å². The van der Waals surface area contributed by atoms with Crippen LogP contribution in [0.25, 0.3) is 24.3 Å². The van der Waals surface area contributed by atoms with Gasteiger partial charge < -0.3 is 29.5 Å². The second-order valence-corrected chi connectivity index (χ2v) is 21.4. The lowest BCUT2D eigenvalue weighted by Gasteiger charge is -2.47. The second-order valence-electron chi connectivity index (χ2n) is 16.6. The van der Waals surface area contributed by atoms with Gasteiger partial charge in [0.05, 0.1) is 30.4 Å². The van der Waals surface area contributed by atoms with Crippen molar-refractivity contribution in [3.8, 4) is 0 Å². The molecule has 6 nitrogen and oxygen atoms in total. The number of hydrogen-bond donors (Lipinski definition) is 3. The Morgan fingerprint density at radius 1 is 0.528 bits per heavy atom. The highest BCUT2D eigenvalue weighted by Gasteiger charge is 2.45. The van der Waals surface area contributed by atoms with Crippen molar-refractivity contribution in [2.75, 3.05) is 9.80 Å². The Morgan fingerprint density at radius 3 is 1.28 bits per heavy atom. The maximum absolute atomic E-state index is 11.6. The van der Waals surface area contributed by atoms with Gasteiger partial charge in [0.2, 0.25) is 0 Å². The van der Waals surface area contributed by atoms with Crippen LogP contribution in [-0.4, -0.2) is 60.1 Å². The van der Waals surface area contributed by atoms with Gasteiger partial charge in [0.15, 0.2) is 8.32 Å². The number of anilines is 4. The number of para-hydroxylation sites is 4. The summed E-state index contributed by atoms with van der Waals surface area (Å²) >= 11 is 0. The van der Waals surface area contributed by atoms with Gasteiger partial charge in [-0.25, -0.2) is 0 Å². The summed E-state index contributed by atoms with van der Waals surface area (Å²) in [7, 11) is -1.96. The average Bonchev–Trinajstić information content (AvgIpc) is 3.42. The Bertz CT molecular complexity index is 1850. The van der Waals surface area contributed by atoms with E-state index in [2.05, 4.69) is 141 Å². The highest BCUT2D eigenvalue weighted by atomic mass is 28.4. The molecule has 0 spiro atoms. The quantitative estimate of drug-likeness (QED) is 0.182. The van der Waals surface area contributed by atoms with Crippen molar-refractivity contribution >= 4 is 55.4 Å². The Kier molecular flexibility index (Phi) is 10.9. The third-order valence-corrected chi connectivity index (χ3v) is 16.6. The Morgan fingerprint density at radius 2 is 0.887 bits per heavy atom. The summed E-state index contributed by atoms with van der Waals surface area (Å²) in [6.07, 6.45) is 12.0. The van der Waals surface area contributed by atoms with Crippen molar-refractivity contribution in [2.24, 2.45) is 0 Å². The third kappa shape index (κ3) is 7.55. The van der Waals surface area contributed by atoms with Gasteiger partial charge in [0.25, 0.3) is 0 Å². The van der Waals surface area contributed by atoms with Crippen molar-refractivity contribution in [3.05, 3.63) is 119 Å². The van der Waals surface area contributed by atoms with Crippen LogP contribution in [-0.2, 0) is 4.43 Å². The number of aliphatic hydroxyl groups excluding tert-OH is 3. The van der Waals surface area contributed by atoms with E-state index in [0.29, 0.717) is 6.42 Å². The summed E-state index contributed by atoms with van der Waals surface area (Å²) in [6.45, 7) is 11.4. The summed E-state index contributed by atoms with van der Waals surface area (Å²) in [5, 5.41) is 32.5. The number of nitrogens with zero attached hydrogens (tertiary/aromatic N) is 2. The van der Waals surface area contributed by atoms with Crippen LogP contribution in [0.5, 0.6) is 0 Å². The SMILES string of the molecule is CC(C)(C)[Si](C)(C)O[C@@H]1CCC[C@@H](N2c3ccccc3C=Cc3ccccc32)[C@@H]1O.O[C@@H]1[C@H](O)CCC[C@H]1N1c2ccccc2C=Cc2ccccc21. The number of hydrogen-bond acceptors (Lipinski definition) is 6. The summed E-state index contributed by atoms with van der Waals surface area (Å²) < 4.78 is 6.73. The molecule has 4 aromatic carbocycles. The fourth-order valence-corrected chi connectivity index (χ4v) is 9.59. The predicted octanol–water partition coefficient (Wildman–Crippen LogP) is 10.2. The zero-order valence-corrected chi connectivity index (χ0v) is 32.9. The lowest BCUT2D eigenvalue weighted by molar-refractivity contribution is -0.0204. The van der Waals surface area contributed by atoms with Crippen molar-refractivity contribution in [1.29, 1.82) is 0 Å². The molecule has 0 bridgehead atoms. The zero-order chi connectivity index (χ0) is 37.3. The molecule has 0 unspecified atom stereocenters. The molecule has 0 aromatic heterocycles. The molecular weight excluding hydrogens is 673 g/mol. The lowest BCUT2D eigenvalue weighted by atomic mass is 9.88. The molecule has 3 N–H and O–H groups in total. The van der Waals surface area contributed by atoms with E-state index in [-0.39, 0.29) is 23.2 Å². The second kappa shape index (κ2) is 15.4. The average molecular weight is 729 g/mol. The van der Waals surface area contributed by atoms with Gasteiger partial charge in [0, 0.05) is 22.7 Å². The first-order chi connectivity index (χ1) is 25.4. The number of fused-ring (bicyclic) bond motifs is 4. The van der Waals surface area contributed by atoms with Crippen molar-refractivity contribution < 1.29 is 19.7 Å². The molecule has 4 aliphatic rings. The van der Waals surface area contributed by atoms with Crippen LogP contribution >= 0.6 is 0 Å². The monoisotopic (exact) mass is 728 g/mol. The first kappa shape index (κ1) is 37.3. The minimum absolute atomic E-state index is 0.00396. The van der Waals surface area contributed by atoms with Crippen LogP contribution in [0.1, 0.15) is 81.5 Å². The molecule has 0 amide bonds. The van der Waals surface area contributed by atoms with E-state index in [9.17, 15) is 15.3 Å². The number of rotatable bonds is 4. The number of aliphatic hydroxyl groups is 3. The maximum Gasteiger partial charge on any atom is 0.192 e. The fourth-order valence-electron chi connectivity index (χ4n) is 8.22. The molecule has 4 aromatic rings. The molecule has 6 atom stereocenters. The Balaban J connectivity index is 0.000000170. The first-order valence-corrected chi connectivity index (χ1v) is 22.4. The topological polar surface area (TPSA) is 76.4 Å². The van der Waals surface area contributed by atoms with Gasteiger partial charge in [-0.15, -0.1) is 0 Å². The van der Waals surface area contributed by atoms with Crippen LogP contribution in [0, 0.1) is 0 Å². The molecule has 53 heavy (non-hydrogen) atoms. The van der Waals surface area contributed by atoms with Gasteiger partial charge in [-0.1, -0.05) is 118 Å². The van der Waals surface area contributed by atoms with E-state index in [1.165, 1.54) is 11.1 Å². The molecule has 0 saturated heterocycles. The molecule has 2 aliphatic heterocycles. The lowest BCUT2D eigenvalue weighted by Crippen LogP contribution is -2.55. The largest absolute Gasteiger partial charge is 0.411 e. The van der Waals surface area contributed by atoms with Gasteiger partial charge >= 0.3 is 0 Å². The fraction of sp³-hybridized carbons (Fsp3) is 0.391. The molecule has 0 radical (unpaired) electrons. The first-order valence-electron chi connectivity index (χ1n) is 19.5. The zero-order valence-electron chi connectivity index (χ0n) is 31.9. The molecule has 8 rings (SSSR count). The highest BCUT2D eigenvalue weighted by molar-refractivity contribution is 6.74.